The van der Waals surface area contributed by atoms with Crippen LogP contribution >= 0.6 is 0 Å². The normalized spacial score (nSPS) is 10.8. The Kier molecular flexibility index (Phi) is 7.87. The number of ether oxygens (including phenoxy) is 2. The third-order valence-electron chi connectivity index (χ3n) is 6.70. The number of hydrogen-bond acceptors (Lipinski definition) is 5. The van der Waals surface area contributed by atoms with Gasteiger partial charge in [0.15, 0.2) is 0 Å². The number of nitrogens with one attached hydrogen (secondary N) is 1. The van der Waals surface area contributed by atoms with Crippen LogP contribution in [0.15, 0.2) is 91.4 Å². The number of rotatable bonds is 9. The average Bonchev–Trinajstić information content (AvgIpc) is 3.39. The number of amides is 1. The van der Waals surface area contributed by atoms with Gasteiger partial charge in [-0.2, -0.15) is 5.10 Å². The van der Waals surface area contributed by atoms with Crippen LogP contribution in [0.1, 0.15) is 27.0 Å². The second-order valence-electron chi connectivity index (χ2n) is 9.33. The van der Waals surface area contributed by atoms with Crippen LogP contribution in [0.5, 0.6) is 11.5 Å². The van der Waals surface area contributed by atoms with E-state index in [0.717, 1.165) is 44.8 Å². The van der Waals surface area contributed by atoms with Crippen molar-refractivity contribution in [1.82, 2.24) is 20.1 Å². The molecule has 0 fully saturated rings. The quantitative estimate of drug-likeness (QED) is 0.248. The van der Waals surface area contributed by atoms with E-state index in [9.17, 15) is 9.18 Å². The zero-order chi connectivity index (χ0) is 28.1. The summed E-state index contributed by atoms with van der Waals surface area (Å²) in [5.41, 5.74) is 7.08. The zero-order valence-electron chi connectivity index (χ0n) is 22.5. The molecule has 3 aromatic carbocycles. The summed E-state index contributed by atoms with van der Waals surface area (Å²) in [5.74, 6) is 0.187. The molecule has 2 heterocycles. The molecule has 0 unspecified atom stereocenters. The molecule has 0 spiro atoms. The van der Waals surface area contributed by atoms with Crippen LogP contribution in [-0.2, 0) is 13.1 Å². The molecule has 202 valence electrons. The monoisotopic (exact) mass is 536 g/mol. The Labute approximate surface area is 232 Å². The minimum atomic E-state index is -0.503. The first-order chi connectivity index (χ1) is 19.5. The summed E-state index contributed by atoms with van der Waals surface area (Å²) in [4.78, 5) is 17.1. The lowest BCUT2D eigenvalue weighted by Crippen LogP contribution is -2.23. The van der Waals surface area contributed by atoms with Crippen molar-refractivity contribution in [2.24, 2.45) is 0 Å². The summed E-state index contributed by atoms with van der Waals surface area (Å²) < 4.78 is 26.3. The van der Waals surface area contributed by atoms with Crippen molar-refractivity contribution in [3.8, 4) is 33.9 Å². The maximum Gasteiger partial charge on any atom is 0.255 e. The molecule has 0 saturated heterocycles. The molecular weight excluding hydrogens is 507 g/mol. The van der Waals surface area contributed by atoms with Crippen LogP contribution < -0.4 is 14.8 Å². The minimum Gasteiger partial charge on any atom is -0.497 e. The smallest absolute Gasteiger partial charge is 0.255 e. The summed E-state index contributed by atoms with van der Waals surface area (Å²) in [6.07, 6.45) is 5.50. The Morgan fingerprint density at radius 3 is 2.50 bits per heavy atom. The van der Waals surface area contributed by atoms with Gasteiger partial charge in [0.1, 0.15) is 17.3 Å². The standard InChI is InChI=1S/C32H29FN4O3/c1-21-17-34-14-13-27(21)29-19-36-37(20-22-7-10-26(39-2)11-8-22)31(29)24-6-4-5-23(15-24)18-35-32(38)28-16-25(33)9-12-30(28)40-3/h4-17,19H,18,20H2,1-3H3,(H,35,38). The third-order valence-corrected chi connectivity index (χ3v) is 6.70. The number of carbonyl (C=O) groups excluding carboxylic acids is 1. The summed E-state index contributed by atoms with van der Waals surface area (Å²) in [6.45, 7) is 2.84. The van der Waals surface area contributed by atoms with Gasteiger partial charge in [0, 0.05) is 30.1 Å². The highest BCUT2D eigenvalue weighted by Crippen LogP contribution is 2.34. The van der Waals surface area contributed by atoms with Gasteiger partial charge in [-0.3, -0.25) is 14.5 Å². The topological polar surface area (TPSA) is 78.3 Å². The summed E-state index contributed by atoms with van der Waals surface area (Å²) in [7, 11) is 3.10. The van der Waals surface area contributed by atoms with Gasteiger partial charge in [-0.05, 0) is 71.6 Å². The van der Waals surface area contributed by atoms with Crippen LogP contribution in [0.2, 0.25) is 0 Å². The lowest BCUT2D eigenvalue weighted by Gasteiger charge is -2.14. The van der Waals surface area contributed by atoms with E-state index in [1.807, 2.05) is 78.6 Å². The van der Waals surface area contributed by atoms with Crippen molar-refractivity contribution in [2.75, 3.05) is 14.2 Å². The molecule has 0 radical (unpaired) electrons. The highest BCUT2D eigenvalue weighted by atomic mass is 19.1. The molecule has 2 aromatic heterocycles. The predicted octanol–water partition coefficient (Wildman–Crippen LogP) is 6.06. The van der Waals surface area contributed by atoms with Gasteiger partial charge in [-0.1, -0.05) is 30.3 Å². The van der Waals surface area contributed by atoms with E-state index in [-0.39, 0.29) is 12.1 Å². The molecule has 40 heavy (non-hydrogen) atoms. The molecule has 0 saturated carbocycles. The Balaban J connectivity index is 1.47. The molecule has 1 amide bonds. The molecule has 0 atom stereocenters. The number of methoxy groups -OCH3 is 2. The van der Waals surface area contributed by atoms with Crippen molar-refractivity contribution in [1.29, 1.82) is 0 Å². The minimum absolute atomic E-state index is 0.145. The van der Waals surface area contributed by atoms with Crippen molar-refractivity contribution in [2.45, 2.75) is 20.0 Å². The number of pyridine rings is 1. The second kappa shape index (κ2) is 11.8. The Morgan fingerprint density at radius 1 is 0.925 bits per heavy atom. The predicted molar refractivity (Wildman–Crippen MR) is 152 cm³/mol. The van der Waals surface area contributed by atoms with Gasteiger partial charge in [0.25, 0.3) is 5.91 Å². The number of aryl methyl sites for hydroxylation is 1. The lowest BCUT2D eigenvalue weighted by atomic mass is 9.98. The molecule has 7 nitrogen and oxygen atoms in total. The van der Waals surface area contributed by atoms with Gasteiger partial charge in [0.2, 0.25) is 0 Å². The first-order valence-electron chi connectivity index (χ1n) is 12.8. The second-order valence-corrected chi connectivity index (χ2v) is 9.33. The largest absolute Gasteiger partial charge is 0.497 e. The van der Waals surface area contributed by atoms with Crippen molar-refractivity contribution >= 4 is 5.91 Å². The molecule has 0 aliphatic heterocycles. The maximum absolute atomic E-state index is 13.8. The van der Waals surface area contributed by atoms with Gasteiger partial charge in [-0.25, -0.2) is 4.39 Å². The van der Waals surface area contributed by atoms with Crippen molar-refractivity contribution in [3.63, 3.8) is 0 Å². The van der Waals surface area contributed by atoms with Gasteiger partial charge in [-0.15, -0.1) is 0 Å². The van der Waals surface area contributed by atoms with Crippen LogP contribution in [0.3, 0.4) is 0 Å². The number of benzene rings is 3. The third kappa shape index (κ3) is 5.71. The van der Waals surface area contributed by atoms with Crippen LogP contribution in [-0.4, -0.2) is 34.9 Å². The molecule has 0 aliphatic carbocycles. The molecule has 0 aliphatic rings. The molecule has 5 rings (SSSR count). The first kappa shape index (κ1) is 26.6. The van der Waals surface area contributed by atoms with Crippen LogP contribution in [0.25, 0.3) is 22.4 Å². The Morgan fingerprint density at radius 2 is 1.75 bits per heavy atom. The van der Waals surface area contributed by atoms with Crippen LogP contribution in [0, 0.1) is 12.7 Å². The van der Waals surface area contributed by atoms with E-state index in [2.05, 4.69) is 10.3 Å². The van der Waals surface area contributed by atoms with E-state index < -0.39 is 11.7 Å². The lowest BCUT2D eigenvalue weighted by molar-refractivity contribution is 0.0947. The highest BCUT2D eigenvalue weighted by Gasteiger charge is 2.18. The zero-order valence-corrected chi connectivity index (χ0v) is 22.5. The summed E-state index contributed by atoms with van der Waals surface area (Å²) in [6, 6.07) is 21.7. The van der Waals surface area contributed by atoms with Gasteiger partial charge in [0.05, 0.1) is 38.2 Å². The van der Waals surface area contributed by atoms with E-state index >= 15 is 0 Å². The number of nitrogens with zero attached hydrogens (tertiary/aromatic N) is 3. The van der Waals surface area contributed by atoms with E-state index in [1.54, 1.807) is 13.3 Å². The van der Waals surface area contributed by atoms with E-state index in [4.69, 9.17) is 14.6 Å². The van der Waals surface area contributed by atoms with Crippen LogP contribution in [0.4, 0.5) is 4.39 Å². The van der Waals surface area contributed by atoms with Crippen molar-refractivity contribution < 1.29 is 18.7 Å². The van der Waals surface area contributed by atoms with Gasteiger partial charge >= 0.3 is 0 Å². The van der Waals surface area contributed by atoms with E-state index in [1.165, 1.54) is 25.3 Å². The molecule has 8 heteroatoms. The molecule has 5 aromatic rings. The molecule has 1 N–H and O–H groups in total. The molecular formula is C32H29FN4O3. The van der Waals surface area contributed by atoms with E-state index in [0.29, 0.717) is 12.3 Å². The maximum atomic E-state index is 13.8. The number of halogens is 1. The van der Waals surface area contributed by atoms with Gasteiger partial charge < -0.3 is 14.8 Å². The number of aromatic nitrogens is 3. The fraction of sp³-hybridized carbons (Fsp3) is 0.156. The Bertz CT molecular complexity index is 1650. The Hall–Kier alpha value is -4.98. The summed E-state index contributed by atoms with van der Waals surface area (Å²) >= 11 is 0. The SMILES string of the molecule is COc1ccc(Cn2ncc(-c3ccncc3C)c2-c2cccc(CNC(=O)c3cc(F)ccc3OC)c2)cc1. The average molecular weight is 537 g/mol. The fourth-order valence-corrected chi connectivity index (χ4v) is 4.65. The first-order valence-corrected chi connectivity index (χ1v) is 12.8. The fourth-order valence-electron chi connectivity index (χ4n) is 4.65. The highest BCUT2D eigenvalue weighted by molar-refractivity contribution is 5.97. The number of carbonyl (C=O) groups is 1. The summed E-state index contributed by atoms with van der Waals surface area (Å²) in [5, 5.41) is 7.65. The van der Waals surface area contributed by atoms with Crippen molar-refractivity contribution in [3.05, 3.63) is 119 Å². The molecule has 0 bridgehead atoms. The number of hydrogen-bond donors (Lipinski definition) is 1.